The second-order valence-corrected chi connectivity index (χ2v) is 1.38. The Hall–Kier alpha value is -0.200. The summed E-state index contributed by atoms with van der Waals surface area (Å²) in [5, 5.41) is 16.4. The quantitative estimate of drug-likeness (QED) is 0.241. The average molecular weight is 134 g/mol. The first-order chi connectivity index (χ1) is 4.41. The molecule has 55 valence electrons. The number of rotatable bonds is 6. The van der Waals surface area contributed by atoms with Crippen molar-refractivity contribution in [3.8, 4) is 0 Å². The van der Waals surface area contributed by atoms with E-state index in [4.69, 9.17) is 10.2 Å². The summed E-state index contributed by atoms with van der Waals surface area (Å²) in [4.78, 5) is 0. The van der Waals surface area contributed by atoms with Crippen molar-refractivity contribution in [3.63, 3.8) is 0 Å². The number of nitrogens with one attached hydrogen (secondary N) is 2. The third-order valence-electron chi connectivity index (χ3n) is 0.605. The van der Waals surface area contributed by atoms with Crippen molar-refractivity contribution in [3.05, 3.63) is 0 Å². The van der Waals surface area contributed by atoms with E-state index in [1.165, 1.54) is 0 Å². The zero-order valence-electron chi connectivity index (χ0n) is 5.17. The highest BCUT2D eigenvalue weighted by Crippen LogP contribution is 1.51. The Balaban J connectivity index is 2.60. The highest BCUT2D eigenvalue weighted by atomic mass is 16.3. The van der Waals surface area contributed by atoms with Gasteiger partial charge >= 0.3 is 0 Å². The van der Waals surface area contributed by atoms with E-state index in [2.05, 4.69) is 16.4 Å². The van der Waals surface area contributed by atoms with Crippen LogP contribution in [-0.4, -0.2) is 36.5 Å². The SMILES string of the molecule is OCCN[N]NCCO. The summed E-state index contributed by atoms with van der Waals surface area (Å²) >= 11 is 0. The van der Waals surface area contributed by atoms with Crippen LogP contribution in [0.2, 0.25) is 0 Å². The minimum atomic E-state index is 0.0598. The summed E-state index contributed by atoms with van der Waals surface area (Å²) in [6, 6.07) is 0. The van der Waals surface area contributed by atoms with Gasteiger partial charge in [-0.2, -0.15) is 0 Å². The number of aliphatic hydroxyl groups is 2. The molecule has 9 heavy (non-hydrogen) atoms. The minimum absolute atomic E-state index is 0.0598. The minimum Gasteiger partial charge on any atom is -0.395 e. The van der Waals surface area contributed by atoms with E-state index in [-0.39, 0.29) is 13.2 Å². The average Bonchev–Trinajstić information content (AvgIpc) is 1.89. The Morgan fingerprint density at radius 3 is 1.78 bits per heavy atom. The molecule has 0 saturated heterocycles. The number of hydrogen-bond acceptors (Lipinski definition) is 4. The summed E-state index contributed by atoms with van der Waals surface area (Å²) in [6.45, 7) is 0.978. The lowest BCUT2D eigenvalue weighted by molar-refractivity contribution is 0.253. The number of hydrogen-bond donors (Lipinski definition) is 4. The molecule has 0 aliphatic rings. The van der Waals surface area contributed by atoms with Gasteiger partial charge in [0, 0.05) is 13.1 Å². The van der Waals surface area contributed by atoms with Crippen LogP contribution in [0.4, 0.5) is 0 Å². The van der Waals surface area contributed by atoms with Crippen molar-refractivity contribution in [1.29, 1.82) is 0 Å². The first-order valence-corrected chi connectivity index (χ1v) is 2.79. The molecular formula is C4H12N3O2. The zero-order valence-corrected chi connectivity index (χ0v) is 5.17. The van der Waals surface area contributed by atoms with Gasteiger partial charge < -0.3 is 10.2 Å². The Morgan fingerprint density at radius 1 is 1.00 bits per heavy atom. The lowest BCUT2D eigenvalue weighted by Gasteiger charge is -2.00. The van der Waals surface area contributed by atoms with Gasteiger partial charge in [-0.25, -0.2) is 10.9 Å². The van der Waals surface area contributed by atoms with Crippen molar-refractivity contribution in [2.24, 2.45) is 0 Å². The molecule has 0 unspecified atom stereocenters. The summed E-state index contributed by atoms with van der Waals surface area (Å²) in [5.41, 5.74) is 8.58. The van der Waals surface area contributed by atoms with Crippen LogP contribution in [0.15, 0.2) is 0 Å². The molecule has 0 amide bonds. The molecule has 0 aromatic rings. The lowest BCUT2D eigenvalue weighted by Crippen LogP contribution is -2.39. The Kier molecular flexibility index (Phi) is 7.63. The molecule has 0 spiro atoms. The van der Waals surface area contributed by atoms with E-state index in [0.29, 0.717) is 13.1 Å². The smallest absolute Gasteiger partial charge is 0.0571 e. The zero-order chi connectivity index (χ0) is 6.95. The van der Waals surface area contributed by atoms with Crippen molar-refractivity contribution in [2.75, 3.05) is 26.3 Å². The Labute approximate surface area is 54.0 Å². The van der Waals surface area contributed by atoms with E-state index < -0.39 is 0 Å². The highest BCUT2D eigenvalue weighted by Gasteiger charge is 1.82. The maximum Gasteiger partial charge on any atom is 0.0571 e. The molecule has 0 saturated carbocycles. The summed E-state index contributed by atoms with van der Waals surface area (Å²) in [5.74, 6) is 0. The molecule has 0 aromatic heterocycles. The van der Waals surface area contributed by atoms with E-state index in [9.17, 15) is 0 Å². The number of aliphatic hydroxyl groups excluding tert-OH is 2. The topological polar surface area (TPSA) is 78.6 Å². The van der Waals surface area contributed by atoms with Gasteiger partial charge in [0.05, 0.1) is 13.2 Å². The van der Waals surface area contributed by atoms with Crippen molar-refractivity contribution in [2.45, 2.75) is 0 Å². The second-order valence-electron chi connectivity index (χ2n) is 1.38. The van der Waals surface area contributed by atoms with Crippen LogP contribution in [0.1, 0.15) is 0 Å². The van der Waals surface area contributed by atoms with Crippen LogP contribution in [0.3, 0.4) is 0 Å². The van der Waals surface area contributed by atoms with Crippen molar-refractivity contribution >= 4 is 0 Å². The summed E-state index contributed by atoms with van der Waals surface area (Å²) in [6.07, 6.45) is 0. The molecule has 0 aromatic carbocycles. The van der Waals surface area contributed by atoms with Gasteiger partial charge in [0.25, 0.3) is 0 Å². The third kappa shape index (κ3) is 7.80. The van der Waals surface area contributed by atoms with Crippen molar-refractivity contribution in [1.82, 2.24) is 16.4 Å². The second kappa shape index (κ2) is 7.80. The first kappa shape index (κ1) is 8.80. The van der Waals surface area contributed by atoms with Crippen molar-refractivity contribution < 1.29 is 10.2 Å². The fourth-order valence-corrected chi connectivity index (χ4v) is 0.268. The molecule has 5 heteroatoms. The van der Waals surface area contributed by atoms with Gasteiger partial charge in [-0.15, -0.1) is 0 Å². The maximum absolute atomic E-state index is 8.22. The molecule has 0 atom stereocenters. The fourth-order valence-electron chi connectivity index (χ4n) is 0.268. The standard InChI is InChI=1S/C4H12N3O2/c8-3-1-5-7-6-2-4-9/h5-6,8-9H,1-4H2. The predicted molar refractivity (Wildman–Crippen MR) is 32.3 cm³/mol. The Morgan fingerprint density at radius 2 is 1.44 bits per heavy atom. The van der Waals surface area contributed by atoms with Crippen LogP contribution >= 0.6 is 0 Å². The fraction of sp³-hybridized carbons (Fsp3) is 1.00. The van der Waals surface area contributed by atoms with E-state index >= 15 is 0 Å². The molecule has 5 nitrogen and oxygen atoms in total. The van der Waals surface area contributed by atoms with E-state index in [1.54, 1.807) is 0 Å². The van der Waals surface area contributed by atoms with Crippen LogP contribution in [0.5, 0.6) is 0 Å². The third-order valence-corrected chi connectivity index (χ3v) is 0.605. The van der Waals surface area contributed by atoms with Crippen LogP contribution < -0.4 is 16.4 Å². The molecular weight excluding hydrogens is 122 g/mol. The largest absolute Gasteiger partial charge is 0.395 e. The molecule has 0 heterocycles. The lowest BCUT2D eigenvalue weighted by atomic mass is 10.7. The highest BCUT2D eigenvalue weighted by molar-refractivity contribution is 4.33. The summed E-state index contributed by atoms with van der Waals surface area (Å²) < 4.78 is 0. The first-order valence-electron chi connectivity index (χ1n) is 2.79. The molecule has 1 radical (unpaired) electrons. The Bertz CT molecular complexity index is 47.1. The molecule has 0 aliphatic carbocycles. The number of nitrogens with zero attached hydrogens (tertiary/aromatic N) is 1. The van der Waals surface area contributed by atoms with Crippen LogP contribution in [-0.2, 0) is 0 Å². The van der Waals surface area contributed by atoms with Gasteiger partial charge in [-0.05, 0) is 0 Å². The normalized spacial score (nSPS) is 10.0. The van der Waals surface area contributed by atoms with E-state index in [0.717, 1.165) is 0 Å². The van der Waals surface area contributed by atoms with Gasteiger partial charge in [-0.3, -0.25) is 0 Å². The molecule has 0 fully saturated rings. The monoisotopic (exact) mass is 134 g/mol. The predicted octanol–water partition coefficient (Wildman–Crippen LogP) is -2.42. The molecule has 0 rings (SSSR count). The molecule has 0 aliphatic heterocycles. The van der Waals surface area contributed by atoms with Gasteiger partial charge in [0.15, 0.2) is 0 Å². The van der Waals surface area contributed by atoms with Crippen LogP contribution in [0.25, 0.3) is 0 Å². The van der Waals surface area contributed by atoms with Gasteiger partial charge in [-0.1, -0.05) is 5.53 Å². The molecule has 0 bridgehead atoms. The van der Waals surface area contributed by atoms with E-state index in [1.807, 2.05) is 0 Å². The maximum atomic E-state index is 8.22. The van der Waals surface area contributed by atoms with Gasteiger partial charge in [0.2, 0.25) is 0 Å². The summed E-state index contributed by atoms with van der Waals surface area (Å²) in [7, 11) is 0. The van der Waals surface area contributed by atoms with Crippen LogP contribution in [0, 0.1) is 0 Å². The van der Waals surface area contributed by atoms with Gasteiger partial charge in [0.1, 0.15) is 0 Å². The molecule has 4 N–H and O–H groups in total.